The van der Waals surface area contributed by atoms with Gasteiger partial charge in [-0.15, -0.1) is 0 Å². The second kappa shape index (κ2) is 18.4. The fourth-order valence-electron chi connectivity index (χ4n) is 2.94. The zero-order valence-electron chi connectivity index (χ0n) is 22.8. The van der Waals surface area contributed by atoms with Crippen molar-refractivity contribution >= 4 is 83.2 Å². The maximum atomic E-state index is 11.3. The molecule has 0 unspecified atom stereocenters. The van der Waals surface area contributed by atoms with Crippen molar-refractivity contribution in [3.8, 4) is 0 Å². The summed E-state index contributed by atoms with van der Waals surface area (Å²) in [7, 11) is 5.18. The van der Waals surface area contributed by atoms with Crippen LogP contribution < -0.4 is 18.9 Å². The fourth-order valence-corrected chi connectivity index (χ4v) is 3.85. The van der Waals surface area contributed by atoms with Gasteiger partial charge in [0.05, 0.1) is 25.8 Å². The monoisotopic (exact) mass is 763 g/mol. The number of ether oxygens (including phenoxy) is 1. The first-order chi connectivity index (χ1) is 18.6. The van der Waals surface area contributed by atoms with Gasteiger partial charge in [-0.2, -0.15) is 0 Å². The number of imidazole rings is 2. The topological polar surface area (TPSA) is 188 Å². The van der Waals surface area contributed by atoms with E-state index in [1.165, 1.54) is 23.9 Å². The van der Waals surface area contributed by atoms with Crippen LogP contribution in [0.1, 0.15) is 21.0 Å². The largest absolute Gasteiger partial charge is 1.00 e. The average molecular weight is 766 g/mol. The second-order valence-corrected chi connectivity index (χ2v) is 10.5. The predicted octanol–water partition coefficient (Wildman–Crippen LogP) is 1.75. The Hall–Kier alpha value is -3.10. The Balaban J connectivity index is 0.000000582. The van der Waals surface area contributed by atoms with E-state index in [4.69, 9.17) is 5.11 Å². The molecule has 0 amide bonds. The standard InChI is InChI=1S/C9H7BrN2O2.C8H10BrN3.C8H5BrN2O2.Li.2H2O/c1-14-9(13)7-4-11-8-3-2-6(10)5-12(7)8;1-12(2)6-11-8-4-3-7(9)5-10-8;9-5-1-2-7-10-3-6(8(12)13)11(7)4-5;;;/h2-5H,1H3;3-6H,1-2H3;1-4H,(H,12,13);;2*1H2/q;;;+1;;/p-1. The SMILES string of the molecule is CN(C)C=Nc1ccc(Br)cn1.COC(=O)c1cnc2ccc(Br)cn12.O.O=C(O)c1cnc2ccc(Br)cn12.[Li+].[OH-]. The number of nitrogens with zero attached hydrogens (tertiary/aromatic N) is 7. The van der Waals surface area contributed by atoms with Crippen LogP contribution in [0.25, 0.3) is 11.3 Å². The Morgan fingerprint density at radius 3 is 1.81 bits per heavy atom. The van der Waals surface area contributed by atoms with Crippen molar-refractivity contribution in [1.29, 1.82) is 0 Å². The smallest absolute Gasteiger partial charge is 0.870 e. The molecule has 218 valence electrons. The number of aromatic carboxylic acids is 1. The first kappa shape index (κ1) is 38.9. The molecule has 17 heteroatoms. The van der Waals surface area contributed by atoms with Crippen molar-refractivity contribution in [1.82, 2.24) is 28.7 Å². The Morgan fingerprint density at radius 1 is 0.857 bits per heavy atom. The number of hydrogen-bond donors (Lipinski definition) is 1. The molecular formula is C25H25Br3LiN7O6. The number of hydrogen-bond acceptors (Lipinski definition) is 8. The number of aromatic nitrogens is 5. The number of pyridine rings is 3. The third-order valence-corrected chi connectivity index (χ3v) is 6.09. The Kier molecular flexibility index (Phi) is 17.1. The average Bonchev–Trinajstić information content (AvgIpc) is 3.52. The molecule has 5 aromatic heterocycles. The van der Waals surface area contributed by atoms with E-state index in [0.29, 0.717) is 22.8 Å². The van der Waals surface area contributed by atoms with Crippen LogP contribution in [0.5, 0.6) is 0 Å². The van der Waals surface area contributed by atoms with Gasteiger partial charge in [0, 0.05) is 46.1 Å². The van der Waals surface area contributed by atoms with Crippen LogP contribution in [0, 0.1) is 0 Å². The molecule has 0 radical (unpaired) electrons. The number of carboxylic acid groups (broad SMARTS) is 1. The fraction of sp³-hybridized carbons (Fsp3) is 0.120. The molecule has 5 rings (SSSR count). The quantitative estimate of drug-likeness (QED) is 0.123. The summed E-state index contributed by atoms with van der Waals surface area (Å²) in [6.45, 7) is 0. The van der Waals surface area contributed by atoms with Crippen molar-refractivity contribution in [3.05, 3.63) is 92.2 Å². The minimum atomic E-state index is -0.981. The zero-order chi connectivity index (χ0) is 28.5. The molecule has 0 atom stereocenters. The first-order valence-electron chi connectivity index (χ1n) is 11.0. The van der Waals surface area contributed by atoms with Crippen LogP contribution in [0.15, 0.2) is 85.8 Å². The van der Waals surface area contributed by atoms with Gasteiger partial charge in [0.1, 0.15) is 11.3 Å². The predicted molar refractivity (Wildman–Crippen MR) is 163 cm³/mol. The number of esters is 1. The van der Waals surface area contributed by atoms with Crippen molar-refractivity contribution in [2.45, 2.75) is 0 Å². The molecule has 0 spiro atoms. The van der Waals surface area contributed by atoms with Gasteiger partial charge >= 0.3 is 30.8 Å². The molecular weight excluding hydrogens is 741 g/mol. The number of carbonyl (C=O) groups excluding carboxylic acids is 1. The summed E-state index contributed by atoms with van der Waals surface area (Å²) >= 11 is 9.88. The van der Waals surface area contributed by atoms with E-state index in [1.54, 1.807) is 35.4 Å². The molecule has 13 nitrogen and oxygen atoms in total. The molecule has 0 bridgehead atoms. The van der Waals surface area contributed by atoms with Crippen LogP contribution in [-0.2, 0) is 4.74 Å². The zero-order valence-corrected chi connectivity index (χ0v) is 27.6. The first-order valence-corrected chi connectivity index (χ1v) is 13.4. The van der Waals surface area contributed by atoms with Crippen molar-refractivity contribution < 1.29 is 49.2 Å². The van der Waals surface area contributed by atoms with Gasteiger partial charge in [-0.05, 0) is 84.2 Å². The molecule has 0 aliphatic carbocycles. The van der Waals surface area contributed by atoms with E-state index < -0.39 is 11.9 Å². The Labute approximate surface area is 277 Å². The van der Waals surface area contributed by atoms with E-state index in [2.05, 4.69) is 72.5 Å². The Morgan fingerprint density at radius 2 is 1.36 bits per heavy atom. The summed E-state index contributed by atoms with van der Waals surface area (Å²) in [5.41, 5.74) is 1.93. The summed E-state index contributed by atoms with van der Waals surface area (Å²) in [6, 6.07) is 11.0. The van der Waals surface area contributed by atoms with Crippen LogP contribution in [0.3, 0.4) is 0 Å². The van der Waals surface area contributed by atoms with Crippen LogP contribution in [0.2, 0.25) is 0 Å². The maximum absolute atomic E-state index is 11.3. The normalized spacial score (nSPS) is 9.76. The number of halogens is 3. The molecule has 0 saturated heterocycles. The van der Waals surface area contributed by atoms with Gasteiger partial charge in [0.15, 0.2) is 17.2 Å². The van der Waals surface area contributed by atoms with E-state index >= 15 is 0 Å². The summed E-state index contributed by atoms with van der Waals surface area (Å²) < 4.78 is 10.5. The molecule has 5 heterocycles. The minimum Gasteiger partial charge on any atom is -0.870 e. The molecule has 0 fully saturated rings. The van der Waals surface area contributed by atoms with Gasteiger partial charge < -0.3 is 25.7 Å². The van der Waals surface area contributed by atoms with Gasteiger partial charge in [0.25, 0.3) is 0 Å². The number of methoxy groups -OCH3 is 1. The molecule has 0 aliphatic rings. The maximum Gasteiger partial charge on any atom is 1.00 e. The second-order valence-electron chi connectivity index (χ2n) is 7.78. The van der Waals surface area contributed by atoms with Gasteiger partial charge in [0.2, 0.25) is 0 Å². The number of fused-ring (bicyclic) bond motifs is 2. The third kappa shape index (κ3) is 10.9. The molecule has 4 N–H and O–H groups in total. The van der Waals surface area contributed by atoms with Gasteiger partial charge in [-0.25, -0.2) is 29.5 Å². The molecule has 0 saturated carbocycles. The van der Waals surface area contributed by atoms with Crippen molar-refractivity contribution in [2.75, 3.05) is 21.2 Å². The van der Waals surface area contributed by atoms with Gasteiger partial charge in [-0.1, -0.05) is 0 Å². The summed E-state index contributed by atoms with van der Waals surface area (Å²) in [5.74, 6) is -0.659. The molecule has 5 aromatic rings. The number of aliphatic imine (C=N–C) groups is 1. The summed E-state index contributed by atoms with van der Waals surface area (Å²) in [6.07, 6.45) is 9.72. The van der Waals surface area contributed by atoms with Crippen LogP contribution >= 0.6 is 47.8 Å². The number of carboxylic acids is 1. The number of rotatable bonds is 4. The molecule has 42 heavy (non-hydrogen) atoms. The van der Waals surface area contributed by atoms with E-state index in [1.807, 2.05) is 49.3 Å². The minimum absolute atomic E-state index is 0. The molecule has 0 aliphatic heterocycles. The number of carbonyl (C=O) groups is 2. The van der Waals surface area contributed by atoms with E-state index in [9.17, 15) is 9.59 Å². The summed E-state index contributed by atoms with van der Waals surface area (Å²) in [4.78, 5) is 40.1. The van der Waals surface area contributed by atoms with Crippen molar-refractivity contribution in [2.24, 2.45) is 4.99 Å². The van der Waals surface area contributed by atoms with Crippen LogP contribution in [-0.4, -0.2) is 84.2 Å². The van der Waals surface area contributed by atoms with Gasteiger partial charge in [-0.3, -0.25) is 8.80 Å². The summed E-state index contributed by atoms with van der Waals surface area (Å²) in [5, 5.41) is 8.79. The Bertz CT molecular complexity index is 1630. The van der Waals surface area contributed by atoms with E-state index in [-0.39, 0.29) is 35.5 Å². The van der Waals surface area contributed by atoms with Crippen molar-refractivity contribution in [3.63, 3.8) is 0 Å². The van der Waals surface area contributed by atoms with E-state index in [0.717, 1.165) is 13.4 Å². The molecule has 0 aromatic carbocycles. The van der Waals surface area contributed by atoms with Crippen LogP contribution in [0.4, 0.5) is 5.82 Å². The third-order valence-electron chi connectivity index (χ3n) is 4.69.